The topological polar surface area (TPSA) is 87.7 Å². The molecule has 2 aromatic rings. The smallest absolute Gasteiger partial charge is 0.321 e. The van der Waals surface area contributed by atoms with Crippen molar-refractivity contribution >= 4 is 21.7 Å². The molecule has 2 aromatic carbocycles. The summed E-state index contributed by atoms with van der Waals surface area (Å²) in [6, 6.07) is 11.8. The van der Waals surface area contributed by atoms with E-state index in [2.05, 4.69) is 16.1 Å². The van der Waals surface area contributed by atoms with Gasteiger partial charge >= 0.3 is 6.03 Å². The Bertz CT molecular complexity index is 946. The van der Waals surface area contributed by atoms with Crippen molar-refractivity contribution in [3.63, 3.8) is 0 Å². The van der Waals surface area contributed by atoms with Crippen LogP contribution in [0, 0.1) is 13.8 Å². The van der Waals surface area contributed by atoms with Gasteiger partial charge in [0.25, 0.3) is 0 Å². The molecule has 0 bridgehead atoms. The van der Waals surface area contributed by atoms with Crippen LogP contribution in [0.2, 0.25) is 0 Å². The number of carbonyl (C=O) groups excluding carboxylic acids is 1. The van der Waals surface area contributed by atoms with Crippen LogP contribution in [0.4, 0.5) is 10.5 Å². The summed E-state index contributed by atoms with van der Waals surface area (Å²) in [5.41, 5.74) is 2.95. The van der Waals surface area contributed by atoms with Crippen LogP contribution in [0.5, 0.6) is 5.75 Å². The minimum absolute atomic E-state index is 0.161. The normalized spacial score (nSPS) is 15.2. The van der Waals surface area contributed by atoms with Gasteiger partial charge in [-0.25, -0.2) is 17.9 Å². The molecule has 1 saturated heterocycles. The predicted octanol–water partition coefficient (Wildman–Crippen LogP) is 3.29. The summed E-state index contributed by atoms with van der Waals surface area (Å²) in [5, 5.41) is 2.93. The van der Waals surface area contributed by atoms with Crippen molar-refractivity contribution in [3.05, 3.63) is 53.6 Å². The molecule has 2 amide bonds. The highest BCUT2D eigenvalue weighted by molar-refractivity contribution is 7.89. The van der Waals surface area contributed by atoms with Crippen LogP contribution in [0.15, 0.2) is 47.4 Å². The van der Waals surface area contributed by atoms with E-state index in [0.717, 1.165) is 16.8 Å². The number of piperidine rings is 1. The van der Waals surface area contributed by atoms with Crippen molar-refractivity contribution in [2.45, 2.75) is 37.6 Å². The minimum Gasteiger partial charge on any atom is -0.497 e. The molecule has 1 fully saturated rings. The lowest BCUT2D eigenvalue weighted by atomic mass is 10.1. The Kier molecular flexibility index (Phi) is 6.44. The van der Waals surface area contributed by atoms with E-state index in [9.17, 15) is 13.2 Å². The van der Waals surface area contributed by atoms with Gasteiger partial charge in [-0.3, -0.25) is 0 Å². The van der Waals surface area contributed by atoms with Crippen LogP contribution in [-0.4, -0.2) is 45.6 Å². The van der Waals surface area contributed by atoms with Crippen molar-refractivity contribution in [1.82, 2.24) is 9.62 Å². The van der Waals surface area contributed by atoms with Crippen LogP contribution >= 0.6 is 0 Å². The first-order valence-electron chi connectivity index (χ1n) is 9.57. The molecule has 1 aliphatic rings. The van der Waals surface area contributed by atoms with Crippen LogP contribution in [-0.2, 0) is 10.0 Å². The zero-order valence-corrected chi connectivity index (χ0v) is 17.8. The van der Waals surface area contributed by atoms with Crippen molar-refractivity contribution < 1.29 is 17.9 Å². The summed E-state index contributed by atoms with van der Waals surface area (Å²) in [5.74, 6) is 0.604. The molecule has 29 heavy (non-hydrogen) atoms. The number of rotatable bonds is 5. The van der Waals surface area contributed by atoms with Gasteiger partial charge in [0.2, 0.25) is 10.0 Å². The fourth-order valence-corrected chi connectivity index (χ4v) is 4.80. The summed E-state index contributed by atoms with van der Waals surface area (Å²) >= 11 is 0. The third-order valence-electron chi connectivity index (χ3n) is 4.95. The summed E-state index contributed by atoms with van der Waals surface area (Å²) in [7, 11) is -2.07. The number of methoxy groups -OCH3 is 1. The number of amides is 2. The Morgan fingerprint density at radius 2 is 1.62 bits per heavy atom. The lowest BCUT2D eigenvalue weighted by molar-refractivity contribution is 0.193. The molecule has 0 aliphatic carbocycles. The molecule has 7 nitrogen and oxygen atoms in total. The lowest BCUT2D eigenvalue weighted by Gasteiger charge is -2.32. The first-order valence-corrected chi connectivity index (χ1v) is 11.1. The van der Waals surface area contributed by atoms with Gasteiger partial charge in [0.05, 0.1) is 12.0 Å². The molecule has 0 saturated carbocycles. The van der Waals surface area contributed by atoms with Gasteiger partial charge in [-0.15, -0.1) is 0 Å². The average molecular weight is 418 g/mol. The number of nitrogens with one attached hydrogen (secondary N) is 2. The van der Waals surface area contributed by atoms with Crippen LogP contribution in [0.3, 0.4) is 0 Å². The molecular weight excluding hydrogens is 390 g/mol. The molecule has 0 unspecified atom stereocenters. The number of likely N-dealkylation sites (tertiary alicyclic amines) is 1. The highest BCUT2D eigenvalue weighted by Crippen LogP contribution is 2.19. The maximum atomic E-state index is 12.6. The summed E-state index contributed by atoms with van der Waals surface area (Å²) in [6.07, 6.45) is 1.13. The maximum Gasteiger partial charge on any atom is 0.321 e. The van der Waals surface area contributed by atoms with E-state index in [4.69, 9.17) is 4.74 Å². The Morgan fingerprint density at radius 3 is 2.17 bits per heavy atom. The van der Waals surface area contributed by atoms with Gasteiger partial charge in [0.15, 0.2) is 0 Å². The number of aryl methyl sites for hydroxylation is 2. The first-order chi connectivity index (χ1) is 13.8. The number of urea groups is 1. The quantitative estimate of drug-likeness (QED) is 0.781. The second-order valence-electron chi connectivity index (χ2n) is 7.36. The monoisotopic (exact) mass is 417 g/mol. The molecule has 0 radical (unpaired) electrons. The fraction of sp³-hybridized carbons (Fsp3) is 0.381. The lowest BCUT2D eigenvalue weighted by Crippen LogP contribution is -2.47. The fourth-order valence-electron chi connectivity index (χ4n) is 3.49. The van der Waals surface area contributed by atoms with Crippen LogP contribution in [0.1, 0.15) is 24.0 Å². The van der Waals surface area contributed by atoms with Crippen LogP contribution in [0.25, 0.3) is 0 Å². The van der Waals surface area contributed by atoms with Gasteiger partial charge < -0.3 is 15.0 Å². The zero-order valence-electron chi connectivity index (χ0n) is 16.9. The van der Waals surface area contributed by atoms with Crippen molar-refractivity contribution in [1.29, 1.82) is 0 Å². The number of hydrogen-bond donors (Lipinski definition) is 2. The summed E-state index contributed by atoms with van der Waals surface area (Å²) in [6.45, 7) is 4.96. The first kappa shape index (κ1) is 21.1. The Hall–Kier alpha value is -2.58. The van der Waals surface area contributed by atoms with Gasteiger partial charge in [0.1, 0.15) is 5.75 Å². The average Bonchev–Trinajstić information content (AvgIpc) is 2.67. The largest absolute Gasteiger partial charge is 0.497 e. The zero-order chi connectivity index (χ0) is 21.0. The second kappa shape index (κ2) is 8.84. The third-order valence-corrected chi connectivity index (χ3v) is 6.48. The molecule has 3 rings (SSSR count). The number of nitrogens with zero attached hydrogens (tertiary/aromatic N) is 1. The molecule has 8 heteroatoms. The molecule has 1 heterocycles. The molecule has 0 spiro atoms. The van der Waals surface area contributed by atoms with Gasteiger partial charge in [-0.1, -0.05) is 6.07 Å². The third kappa shape index (κ3) is 5.48. The van der Waals surface area contributed by atoms with Gasteiger partial charge in [0, 0.05) is 24.8 Å². The minimum atomic E-state index is -3.61. The standard InChI is InChI=1S/C21H27N3O4S/c1-15-12-16(2)14-18(13-15)22-21(25)24-10-8-17(9-11-24)23-29(26,27)20-6-4-19(28-3)5-7-20/h4-7,12-14,17,23H,8-11H2,1-3H3,(H,22,25). The van der Waals surface area contributed by atoms with Gasteiger partial charge in [-0.05, 0) is 74.2 Å². The van der Waals surface area contributed by atoms with E-state index in [-0.39, 0.29) is 17.0 Å². The molecule has 2 N–H and O–H groups in total. The Morgan fingerprint density at radius 1 is 1.03 bits per heavy atom. The summed E-state index contributed by atoms with van der Waals surface area (Å²) < 4.78 is 33.0. The number of ether oxygens (including phenoxy) is 1. The van der Waals surface area contributed by atoms with Crippen molar-refractivity contribution in [3.8, 4) is 5.75 Å². The van der Waals surface area contributed by atoms with Crippen molar-refractivity contribution in [2.24, 2.45) is 0 Å². The van der Waals surface area contributed by atoms with Gasteiger partial charge in [-0.2, -0.15) is 0 Å². The highest BCUT2D eigenvalue weighted by Gasteiger charge is 2.26. The van der Waals surface area contributed by atoms with E-state index in [0.29, 0.717) is 31.7 Å². The number of sulfonamides is 1. The summed E-state index contributed by atoms with van der Waals surface area (Å²) in [4.78, 5) is 14.4. The number of hydrogen-bond acceptors (Lipinski definition) is 4. The Balaban J connectivity index is 1.54. The van der Waals surface area contributed by atoms with Crippen LogP contribution < -0.4 is 14.8 Å². The van der Waals surface area contributed by atoms with Crippen molar-refractivity contribution in [2.75, 3.05) is 25.5 Å². The van der Waals surface area contributed by atoms with E-state index in [1.54, 1.807) is 17.0 Å². The SMILES string of the molecule is COc1ccc(S(=O)(=O)NC2CCN(C(=O)Nc3cc(C)cc(C)c3)CC2)cc1. The maximum absolute atomic E-state index is 12.6. The number of anilines is 1. The van der Waals surface area contributed by atoms with E-state index < -0.39 is 10.0 Å². The molecule has 0 atom stereocenters. The molecular formula is C21H27N3O4S. The second-order valence-corrected chi connectivity index (χ2v) is 9.08. The van der Waals surface area contributed by atoms with E-state index in [1.165, 1.54) is 19.2 Å². The highest BCUT2D eigenvalue weighted by atomic mass is 32.2. The predicted molar refractivity (Wildman–Crippen MR) is 113 cm³/mol. The van der Waals surface area contributed by atoms with E-state index >= 15 is 0 Å². The van der Waals surface area contributed by atoms with E-state index in [1.807, 2.05) is 26.0 Å². The Labute approximate surface area is 172 Å². The number of benzene rings is 2. The number of carbonyl (C=O) groups is 1. The molecule has 1 aliphatic heterocycles. The molecule has 0 aromatic heterocycles. The molecule has 156 valence electrons.